The van der Waals surface area contributed by atoms with Crippen LogP contribution in [0.4, 0.5) is 5.69 Å². The SMILES string of the molecule is CNC(=O)Cc1ccc(NC2CCSCC2)cc1. The van der Waals surface area contributed by atoms with E-state index in [1.54, 1.807) is 7.05 Å². The smallest absolute Gasteiger partial charge is 0.224 e. The topological polar surface area (TPSA) is 41.1 Å². The van der Waals surface area contributed by atoms with Crippen molar-refractivity contribution < 1.29 is 4.79 Å². The molecule has 0 aromatic heterocycles. The van der Waals surface area contributed by atoms with Gasteiger partial charge in [-0.25, -0.2) is 0 Å². The van der Waals surface area contributed by atoms with Crippen LogP contribution in [0, 0.1) is 0 Å². The van der Waals surface area contributed by atoms with E-state index in [1.807, 2.05) is 23.9 Å². The summed E-state index contributed by atoms with van der Waals surface area (Å²) in [7, 11) is 1.67. The summed E-state index contributed by atoms with van der Waals surface area (Å²) in [4.78, 5) is 11.3. The number of rotatable bonds is 4. The highest BCUT2D eigenvalue weighted by Crippen LogP contribution is 2.21. The Hall–Kier alpha value is -1.16. The zero-order valence-corrected chi connectivity index (χ0v) is 11.6. The van der Waals surface area contributed by atoms with E-state index >= 15 is 0 Å². The second-order valence-corrected chi connectivity index (χ2v) is 5.80. The molecule has 18 heavy (non-hydrogen) atoms. The van der Waals surface area contributed by atoms with Crippen LogP contribution in [0.15, 0.2) is 24.3 Å². The van der Waals surface area contributed by atoms with Gasteiger partial charge in [0.25, 0.3) is 0 Å². The summed E-state index contributed by atoms with van der Waals surface area (Å²) < 4.78 is 0. The number of amides is 1. The fourth-order valence-electron chi connectivity index (χ4n) is 2.07. The molecule has 0 unspecified atom stereocenters. The van der Waals surface area contributed by atoms with Crippen molar-refractivity contribution in [2.45, 2.75) is 25.3 Å². The predicted octanol–water partition coefficient (Wildman–Crippen LogP) is 2.28. The number of carbonyl (C=O) groups is 1. The lowest BCUT2D eigenvalue weighted by atomic mass is 10.1. The summed E-state index contributed by atoms with van der Waals surface area (Å²) in [5.74, 6) is 2.57. The maximum atomic E-state index is 11.3. The minimum atomic E-state index is 0.0556. The van der Waals surface area contributed by atoms with Gasteiger partial charge in [-0.05, 0) is 42.0 Å². The van der Waals surface area contributed by atoms with Crippen LogP contribution >= 0.6 is 11.8 Å². The molecule has 0 aliphatic carbocycles. The average Bonchev–Trinajstić information content (AvgIpc) is 2.42. The average molecular weight is 264 g/mol. The third-order valence-corrected chi connectivity index (χ3v) is 4.24. The number of hydrogen-bond acceptors (Lipinski definition) is 3. The minimum Gasteiger partial charge on any atom is -0.382 e. The first-order valence-electron chi connectivity index (χ1n) is 6.42. The van der Waals surface area contributed by atoms with Gasteiger partial charge in [0.05, 0.1) is 6.42 Å². The van der Waals surface area contributed by atoms with Gasteiger partial charge in [-0.2, -0.15) is 11.8 Å². The molecule has 2 rings (SSSR count). The standard InChI is InChI=1S/C14H20N2OS/c1-15-14(17)10-11-2-4-12(5-3-11)16-13-6-8-18-9-7-13/h2-5,13,16H,6-10H2,1H3,(H,15,17). The number of hydrogen-bond donors (Lipinski definition) is 2. The maximum Gasteiger partial charge on any atom is 0.224 e. The van der Waals surface area contributed by atoms with Crippen molar-refractivity contribution in [3.63, 3.8) is 0 Å². The first kappa shape index (κ1) is 13.3. The van der Waals surface area contributed by atoms with Gasteiger partial charge in [-0.15, -0.1) is 0 Å². The second-order valence-electron chi connectivity index (χ2n) is 4.58. The molecular weight excluding hydrogens is 244 g/mol. The Kier molecular flexibility index (Phi) is 4.93. The molecule has 1 aliphatic rings. The Morgan fingerprint density at radius 1 is 1.28 bits per heavy atom. The number of benzene rings is 1. The molecule has 0 saturated carbocycles. The largest absolute Gasteiger partial charge is 0.382 e. The van der Waals surface area contributed by atoms with Crippen LogP contribution in [0.25, 0.3) is 0 Å². The van der Waals surface area contributed by atoms with Gasteiger partial charge in [0.1, 0.15) is 0 Å². The highest BCUT2D eigenvalue weighted by Gasteiger charge is 2.12. The van der Waals surface area contributed by atoms with E-state index in [0.29, 0.717) is 12.5 Å². The van der Waals surface area contributed by atoms with Crippen molar-refractivity contribution >= 4 is 23.4 Å². The van der Waals surface area contributed by atoms with E-state index in [1.165, 1.54) is 24.3 Å². The summed E-state index contributed by atoms with van der Waals surface area (Å²) in [6.45, 7) is 0. The highest BCUT2D eigenvalue weighted by atomic mass is 32.2. The normalized spacial score (nSPS) is 16.3. The quantitative estimate of drug-likeness (QED) is 0.876. The van der Waals surface area contributed by atoms with Crippen LogP contribution < -0.4 is 10.6 Å². The van der Waals surface area contributed by atoms with Crippen molar-refractivity contribution in [3.05, 3.63) is 29.8 Å². The molecule has 1 fully saturated rings. The molecule has 2 N–H and O–H groups in total. The summed E-state index contributed by atoms with van der Waals surface area (Å²) >= 11 is 2.04. The van der Waals surface area contributed by atoms with Crippen molar-refractivity contribution in [2.75, 3.05) is 23.9 Å². The minimum absolute atomic E-state index is 0.0556. The Balaban J connectivity index is 1.88. The molecule has 0 spiro atoms. The molecule has 98 valence electrons. The summed E-state index contributed by atoms with van der Waals surface area (Å²) in [5.41, 5.74) is 2.21. The van der Waals surface area contributed by atoms with Crippen LogP contribution in [-0.2, 0) is 11.2 Å². The molecule has 0 radical (unpaired) electrons. The van der Waals surface area contributed by atoms with E-state index in [4.69, 9.17) is 0 Å². The van der Waals surface area contributed by atoms with Crippen LogP contribution in [0.3, 0.4) is 0 Å². The fraction of sp³-hybridized carbons (Fsp3) is 0.500. The molecule has 0 bridgehead atoms. The Morgan fingerprint density at radius 2 is 1.94 bits per heavy atom. The summed E-state index contributed by atoms with van der Waals surface area (Å²) in [6, 6.07) is 8.79. The number of thioether (sulfide) groups is 1. The maximum absolute atomic E-state index is 11.3. The Bertz CT molecular complexity index is 385. The second kappa shape index (κ2) is 6.69. The fourth-order valence-corrected chi connectivity index (χ4v) is 3.18. The molecule has 1 aromatic carbocycles. The Morgan fingerprint density at radius 3 is 2.56 bits per heavy atom. The van der Waals surface area contributed by atoms with Gasteiger partial charge in [0.2, 0.25) is 5.91 Å². The molecule has 4 heteroatoms. The molecule has 1 amide bonds. The van der Waals surface area contributed by atoms with E-state index in [0.717, 1.165) is 11.3 Å². The summed E-state index contributed by atoms with van der Waals surface area (Å²) in [5, 5.41) is 6.20. The van der Waals surface area contributed by atoms with Gasteiger partial charge in [-0.3, -0.25) is 4.79 Å². The number of likely N-dealkylation sites (N-methyl/N-ethyl adjacent to an activating group) is 1. The van der Waals surface area contributed by atoms with Crippen molar-refractivity contribution in [3.8, 4) is 0 Å². The predicted molar refractivity (Wildman–Crippen MR) is 78.2 cm³/mol. The van der Waals surface area contributed by atoms with Gasteiger partial charge < -0.3 is 10.6 Å². The third kappa shape index (κ3) is 3.95. The van der Waals surface area contributed by atoms with Crippen molar-refractivity contribution in [1.29, 1.82) is 0 Å². The molecule has 1 aromatic rings. The van der Waals surface area contributed by atoms with E-state index in [-0.39, 0.29) is 5.91 Å². The van der Waals surface area contributed by atoms with Crippen LogP contribution in [0.1, 0.15) is 18.4 Å². The number of anilines is 1. The van der Waals surface area contributed by atoms with Gasteiger partial charge in [0.15, 0.2) is 0 Å². The molecule has 1 saturated heterocycles. The van der Waals surface area contributed by atoms with Crippen LogP contribution in [0.5, 0.6) is 0 Å². The lowest BCUT2D eigenvalue weighted by molar-refractivity contribution is -0.119. The lowest BCUT2D eigenvalue weighted by Gasteiger charge is -2.23. The van der Waals surface area contributed by atoms with Crippen molar-refractivity contribution in [2.24, 2.45) is 0 Å². The first-order chi connectivity index (χ1) is 8.78. The van der Waals surface area contributed by atoms with Crippen LogP contribution in [0.2, 0.25) is 0 Å². The first-order valence-corrected chi connectivity index (χ1v) is 7.57. The van der Waals surface area contributed by atoms with E-state index in [9.17, 15) is 4.79 Å². The summed E-state index contributed by atoms with van der Waals surface area (Å²) in [6.07, 6.45) is 2.94. The van der Waals surface area contributed by atoms with Gasteiger partial charge in [0, 0.05) is 18.8 Å². The molecular formula is C14H20N2OS. The molecule has 3 nitrogen and oxygen atoms in total. The van der Waals surface area contributed by atoms with Gasteiger partial charge in [-0.1, -0.05) is 12.1 Å². The lowest BCUT2D eigenvalue weighted by Crippen LogP contribution is -2.24. The van der Waals surface area contributed by atoms with E-state index < -0.39 is 0 Å². The Labute approximate surface area is 113 Å². The van der Waals surface area contributed by atoms with Gasteiger partial charge >= 0.3 is 0 Å². The van der Waals surface area contributed by atoms with E-state index in [2.05, 4.69) is 22.8 Å². The zero-order valence-electron chi connectivity index (χ0n) is 10.7. The number of nitrogens with one attached hydrogen (secondary N) is 2. The molecule has 0 atom stereocenters. The highest BCUT2D eigenvalue weighted by molar-refractivity contribution is 7.99. The third-order valence-electron chi connectivity index (χ3n) is 3.19. The molecule has 1 heterocycles. The van der Waals surface area contributed by atoms with Crippen LogP contribution in [-0.4, -0.2) is 30.5 Å². The monoisotopic (exact) mass is 264 g/mol. The van der Waals surface area contributed by atoms with Crippen molar-refractivity contribution in [1.82, 2.24) is 5.32 Å². The molecule has 1 aliphatic heterocycles. The zero-order chi connectivity index (χ0) is 12.8. The number of carbonyl (C=O) groups excluding carboxylic acids is 1.